The fourth-order valence-electron chi connectivity index (χ4n) is 4.26. The van der Waals surface area contributed by atoms with Crippen LogP contribution in [0.2, 0.25) is 0 Å². The SMILES string of the molecule is c1ccc(C2CN=C(c3ncc(-c4c[nH]c5ncc(N6CCOCC6)cc45)cn3)N2)cc1. The van der Waals surface area contributed by atoms with E-state index in [2.05, 4.69) is 53.3 Å². The van der Waals surface area contributed by atoms with Crippen molar-refractivity contribution in [1.82, 2.24) is 25.3 Å². The molecule has 4 aromatic rings. The minimum atomic E-state index is 0.160. The first-order chi connectivity index (χ1) is 15.8. The molecule has 1 saturated heterocycles. The van der Waals surface area contributed by atoms with Crippen LogP contribution in [0.1, 0.15) is 17.4 Å². The Morgan fingerprint density at radius 1 is 0.969 bits per heavy atom. The molecular formula is C24H23N7O. The zero-order chi connectivity index (χ0) is 21.3. The molecule has 1 fully saturated rings. The quantitative estimate of drug-likeness (QED) is 0.522. The summed E-state index contributed by atoms with van der Waals surface area (Å²) in [5.41, 5.74) is 5.16. The number of aromatic nitrogens is 4. The standard InChI is InChI=1S/C24H23N7O/c1-2-4-16(5-3-1)21-15-29-24(30-21)23-25-11-17(12-26-23)20-14-28-22-19(20)10-18(13-27-22)31-6-8-32-9-7-31/h1-5,10-14,21H,6-9,15H2,(H,27,28)(H,29,30). The third kappa shape index (κ3) is 3.48. The first kappa shape index (κ1) is 18.9. The van der Waals surface area contributed by atoms with E-state index in [1.807, 2.05) is 43.0 Å². The van der Waals surface area contributed by atoms with E-state index in [9.17, 15) is 0 Å². The molecule has 8 heteroatoms. The summed E-state index contributed by atoms with van der Waals surface area (Å²) >= 11 is 0. The van der Waals surface area contributed by atoms with Crippen LogP contribution in [-0.2, 0) is 4.74 Å². The number of aliphatic imine (C=N–C) groups is 1. The van der Waals surface area contributed by atoms with E-state index in [0.717, 1.165) is 60.0 Å². The Kier molecular flexibility index (Phi) is 4.77. The van der Waals surface area contributed by atoms with Gasteiger partial charge in [-0.2, -0.15) is 0 Å². The largest absolute Gasteiger partial charge is 0.378 e. The first-order valence-electron chi connectivity index (χ1n) is 10.8. The summed E-state index contributed by atoms with van der Waals surface area (Å²) < 4.78 is 5.47. The molecule has 0 aliphatic carbocycles. The van der Waals surface area contributed by atoms with Gasteiger partial charge in [0.15, 0.2) is 11.7 Å². The number of nitrogens with one attached hydrogen (secondary N) is 2. The lowest BCUT2D eigenvalue weighted by Crippen LogP contribution is -2.36. The molecule has 2 aliphatic heterocycles. The number of hydrogen-bond donors (Lipinski definition) is 2. The molecule has 0 bridgehead atoms. The smallest absolute Gasteiger partial charge is 0.194 e. The number of ether oxygens (including phenoxy) is 1. The molecular weight excluding hydrogens is 402 g/mol. The van der Waals surface area contributed by atoms with Gasteiger partial charge in [0.05, 0.1) is 37.7 Å². The van der Waals surface area contributed by atoms with E-state index in [1.54, 1.807) is 0 Å². The van der Waals surface area contributed by atoms with Crippen LogP contribution in [0.4, 0.5) is 5.69 Å². The summed E-state index contributed by atoms with van der Waals surface area (Å²) in [7, 11) is 0. The van der Waals surface area contributed by atoms with Gasteiger partial charge >= 0.3 is 0 Å². The zero-order valence-corrected chi connectivity index (χ0v) is 17.5. The van der Waals surface area contributed by atoms with Gasteiger partial charge < -0.3 is 19.9 Å². The normalized spacial score (nSPS) is 18.6. The number of H-pyrrole nitrogens is 1. The van der Waals surface area contributed by atoms with Crippen LogP contribution in [-0.4, -0.2) is 58.6 Å². The number of fused-ring (bicyclic) bond motifs is 1. The van der Waals surface area contributed by atoms with Crippen molar-refractivity contribution in [2.45, 2.75) is 6.04 Å². The van der Waals surface area contributed by atoms with Crippen LogP contribution < -0.4 is 10.2 Å². The second kappa shape index (κ2) is 8.05. The molecule has 0 radical (unpaired) electrons. The van der Waals surface area contributed by atoms with Gasteiger partial charge in [-0.15, -0.1) is 0 Å². The van der Waals surface area contributed by atoms with Crippen molar-refractivity contribution in [2.75, 3.05) is 37.7 Å². The Hall–Kier alpha value is -3.78. The van der Waals surface area contributed by atoms with Crippen molar-refractivity contribution in [3.63, 3.8) is 0 Å². The van der Waals surface area contributed by atoms with Gasteiger partial charge in [0.25, 0.3) is 0 Å². The van der Waals surface area contributed by atoms with Crippen molar-refractivity contribution >= 4 is 22.6 Å². The fraction of sp³-hybridized carbons (Fsp3) is 0.250. The lowest BCUT2D eigenvalue weighted by atomic mass is 10.1. The van der Waals surface area contributed by atoms with Crippen LogP contribution in [0.25, 0.3) is 22.2 Å². The lowest BCUT2D eigenvalue weighted by molar-refractivity contribution is 0.122. The van der Waals surface area contributed by atoms with E-state index in [1.165, 1.54) is 5.56 Å². The monoisotopic (exact) mass is 425 g/mol. The van der Waals surface area contributed by atoms with Crippen molar-refractivity contribution in [3.8, 4) is 11.1 Å². The second-order valence-electron chi connectivity index (χ2n) is 7.98. The number of aromatic amines is 1. The summed E-state index contributed by atoms with van der Waals surface area (Å²) in [6.45, 7) is 3.93. The van der Waals surface area contributed by atoms with E-state index in [0.29, 0.717) is 12.4 Å². The average molecular weight is 425 g/mol. The fourth-order valence-corrected chi connectivity index (χ4v) is 4.26. The van der Waals surface area contributed by atoms with Crippen LogP contribution in [0.3, 0.4) is 0 Å². The molecule has 5 heterocycles. The predicted molar refractivity (Wildman–Crippen MR) is 124 cm³/mol. The minimum absolute atomic E-state index is 0.160. The highest BCUT2D eigenvalue weighted by molar-refractivity contribution is 5.98. The molecule has 32 heavy (non-hydrogen) atoms. The van der Waals surface area contributed by atoms with Gasteiger partial charge in [-0.05, 0) is 11.6 Å². The highest BCUT2D eigenvalue weighted by Gasteiger charge is 2.22. The van der Waals surface area contributed by atoms with Crippen LogP contribution in [0.5, 0.6) is 0 Å². The summed E-state index contributed by atoms with van der Waals surface area (Å²) in [6, 6.07) is 12.7. The lowest BCUT2D eigenvalue weighted by Gasteiger charge is -2.28. The highest BCUT2D eigenvalue weighted by Crippen LogP contribution is 2.30. The molecule has 8 nitrogen and oxygen atoms in total. The molecule has 0 spiro atoms. The Morgan fingerprint density at radius 3 is 2.59 bits per heavy atom. The van der Waals surface area contributed by atoms with E-state index in [4.69, 9.17) is 4.74 Å². The molecule has 1 aromatic carbocycles. The Bertz CT molecular complexity index is 1260. The maximum atomic E-state index is 5.47. The number of benzene rings is 1. The van der Waals surface area contributed by atoms with Crippen molar-refractivity contribution in [3.05, 3.63) is 72.6 Å². The van der Waals surface area contributed by atoms with Gasteiger partial charge in [0, 0.05) is 48.2 Å². The van der Waals surface area contributed by atoms with E-state index < -0.39 is 0 Å². The first-order valence-corrected chi connectivity index (χ1v) is 10.8. The summed E-state index contributed by atoms with van der Waals surface area (Å²) in [5, 5.41) is 4.51. The molecule has 160 valence electrons. The number of rotatable bonds is 4. The van der Waals surface area contributed by atoms with Gasteiger partial charge in [0.2, 0.25) is 0 Å². The molecule has 6 rings (SSSR count). The van der Waals surface area contributed by atoms with Crippen molar-refractivity contribution in [2.24, 2.45) is 4.99 Å². The van der Waals surface area contributed by atoms with E-state index in [-0.39, 0.29) is 6.04 Å². The Labute approximate surface area is 185 Å². The molecule has 2 N–H and O–H groups in total. The number of pyridine rings is 1. The van der Waals surface area contributed by atoms with Crippen LogP contribution in [0.15, 0.2) is 66.2 Å². The van der Waals surface area contributed by atoms with Crippen molar-refractivity contribution < 1.29 is 4.74 Å². The molecule has 0 saturated carbocycles. The van der Waals surface area contributed by atoms with Gasteiger partial charge in [0.1, 0.15) is 5.65 Å². The number of morpholine rings is 1. The molecule has 1 unspecified atom stereocenters. The van der Waals surface area contributed by atoms with Gasteiger partial charge in [-0.25, -0.2) is 15.0 Å². The molecule has 0 amide bonds. The summed E-state index contributed by atoms with van der Waals surface area (Å²) in [4.78, 5) is 24.0. The summed E-state index contributed by atoms with van der Waals surface area (Å²) in [6.07, 6.45) is 7.59. The number of amidine groups is 1. The third-order valence-electron chi connectivity index (χ3n) is 6.01. The predicted octanol–water partition coefficient (Wildman–Crippen LogP) is 2.95. The van der Waals surface area contributed by atoms with Gasteiger partial charge in [-0.3, -0.25) is 4.99 Å². The third-order valence-corrected chi connectivity index (χ3v) is 6.01. The zero-order valence-electron chi connectivity index (χ0n) is 17.5. The van der Waals surface area contributed by atoms with Crippen LogP contribution >= 0.6 is 0 Å². The molecule has 1 atom stereocenters. The topological polar surface area (TPSA) is 91.3 Å². The number of nitrogens with zero attached hydrogens (tertiary/aromatic N) is 5. The van der Waals surface area contributed by atoms with Crippen LogP contribution in [0, 0.1) is 0 Å². The summed E-state index contributed by atoms with van der Waals surface area (Å²) in [5.74, 6) is 1.35. The number of hydrogen-bond acceptors (Lipinski definition) is 7. The molecule has 2 aliphatic rings. The highest BCUT2D eigenvalue weighted by atomic mass is 16.5. The van der Waals surface area contributed by atoms with Gasteiger partial charge in [-0.1, -0.05) is 30.3 Å². The Balaban J connectivity index is 1.24. The van der Waals surface area contributed by atoms with E-state index >= 15 is 0 Å². The molecule has 3 aromatic heterocycles. The Morgan fingerprint density at radius 2 is 1.78 bits per heavy atom. The maximum Gasteiger partial charge on any atom is 0.194 e. The second-order valence-corrected chi connectivity index (χ2v) is 7.98. The average Bonchev–Trinajstić information content (AvgIpc) is 3.53. The van der Waals surface area contributed by atoms with Crippen molar-refractivity contribution in [1.29, 1.82) is 0 Å². The maximum absolute atomic E-state index is 5.47. The minimum Gasteiger partial charge on any atom is -0.378 e. The number of anilines is 1.